The maximum atomic E-state index is 13.3. The van der Waals surface area contributed by atoms with Gasteiger partial charge in [0.1, 0.15) is 5.82 Å². The van der Waals surface area contributed by atoms with Gasteiger partial charge in [0.2, 0.25) is 0 Å². The van der Waals surface area contributed by atoms with Crippen LogP contribution in [0.1, 0.15) is 13.3 Å². The van der Waals surface area contributed by atoms with Crippen LogP contribution >= 0.6 is 11.6 Å². The topological polar surface area (TPSA) is 29.3 Å². The van der Waals surface area contributed by atoms with Gasteiger partial charge < -0.3 is 10.6 Å². The molecule has 2 rings (SSSR count). The zero-order valence-corrected chi connectivity index (χ0v) is 9.39. The highest BCUT2D eigenvalue weighted by Crippen LogP contribution is 2.32. The van der Waals surface area contributed by atoms with Crippen molar-refractivity contribution in [3.8, 4) is 0 Å². The number of benzene rings is 1. The quantitative estimate of drug-likeness (QED) is 0.749. The Morgan fingerprint density at radius 2 is 2.27 bits per heavy atom. The first-order valence-electron chi connectivity index (χ1n) is 5.07. The van der Waals surface area contributed by atoms with Crippen molar-refractivity contribution in [2.75, 3.05) is 23.7 Å². The maximum absolute atomic E-state index is 13.3. The van der Waals surface area contributed by atoms with Crippen LogP contribution in [-0.4, -0.2) is 13.1 Å². The molecule has 1 aliphatic rings. The highest BCUT2D eigenvalue weighted by molar-refractivity contribution is 6.31. The molecule has 0 spiro atoms. The Hall–Kier alpha value is -0.960. The van der Waals surface area contributed by atoms with Gasteiger partial charge in [0.25, 0.3) is 0 Å². The summed E-state index contributed by atoms with van der Waals surface area (Å²) in [4.78, 5) is 2.11. The van der Waals surface area contributed by atoms with E-state index < -0.39 is 5.82 Å². The van der Waals surface area contributed by atoms with Crippen LogP contribution in [0.3, 0.4) is 0 Å². The molecule has 1 aromatic rings. The summed E-state index contributed by atoms with van der Waals surface area (Å²) < 4.78 is 13.3. The summed E-state index contributed by atoms with van der Waals surface area (Å²) in [6.45, 7) is 4.06. The van der Waals surface area contributed by atoms with Crippen molar-refractivity contribution in [3.05, 3.63) is 23.0 Å². The summed E-state index contributed by atoms with van der Waals surface area (Å²) in [5, 5.41) is 0.0866. The van der Waals surface area contributed by atoms with Crippen molar-refractivity contribution < 1.29 is 4.39 Å². The number of hydrogen-bond acceptors (Lipinski definition) is 2. The summed E-state index contributed by atoms with van der Waals surface area (Å²) in [6.07, 6.45) is 1.13. The van der Waals surface area contributed by atoms with Crippen LogP contribution in [0.25, 0.3) is 0 Å². The van der Waals surface area contributed by atoms with E-state index in [-0.39, 0.29) is 5.02 Å². The molecule has 15 heavy (non-hydrogen) atoms. The van der Waals surface area contributed by atoms with E-state index >= 15 is 0 Å². The van der Waals surface area contributed by atoms with Crippen molar-refractivity contribution in [1.29, 1.82) is 0 Å². The Kier molecular flexibility index (Phi) is 2.74. The molecule has 1 unspecified atom stereocenters. The van der Waals surface area contributed by atoms with E-state index in [1.54, 1.807) is 0 Å². The zero-order valence-electron chi connectivity index (χ0n) is 8.63. The Balaban J connectivity index is 2.32. The second kappa shape index (κ2) is 3.89. The molecule has 0 saturated carbocycles. The average molecular weight is 229 g/mol. The molecule has 1 aliphatic heterocycles. The van der Waals surface area contributed by atoms with Crippen molar-refractivity contribution in [3.63, 3.8) is 0 Å². The van der Waals surface area contributed by atoms with Gasteiger partial charge in [0.15, 0.2) is 0 Å². The molecule has 0 radical (unpaired) electrons. The number of hydrogen-bond donors (Lipinski definition) is 1. The number of nitrogens with zero attached hydrogens (tertiary/aromatic N) is 1. The minimum absolute atomic E-state index is 0.0866. The predicted molar refractivity (Wildman–Crippen MR) is 61.8 cm³/mol. The van der Waals surface area contributed by atoms with Gasteiger partial charge in [-0.3, -0.25) is 0 Å². The Morgan fingerprint density at radius 1 is 1.53 bits per heavy atom. The lowest BCUT2D eigenvalue weighted by Gasteiger charge is -2.20. The van der Waals surface area contributed by atoms with E-state index in [9.17, 15) is 4.39 Å². The number of halogens is 2. The molecule has 0 aromatic heterocycles. The first-order valence-corrected chi connectivity index (χ1v) is 5.45. The van der Waals surface area contributed by atoms with E-state index in [2.05, 4.69) is 11.8 Å². The molecule has 1 fully saturated rings. The molecule has 0 aliphatic carbocycles. The van der Waals surface area contributed by atoms with Gasteiger partial charge in [-0.25, -0.2) is 4.39 Å². The molecule has 0 amide bonds. The lowest BCUT2D eigenvalue weighted by atomic mass is 10.2. The van der Waals surface area contributed by atoms with Crippen LogP contribution < -0.4 is 10.6 Å². The summed E-state index contributed by atoms with van der Waals surface area (Å²) in [7, 11) is 0. The van der Waals surface area contributed by atoms with Crippen LogP contribution in [0, 0.1) is 11.7 Å². The Labute approximate surface area is 93.8 Å². The van der Waals surface area contributed by atoms with Gasteiger partial charge in [0.05, 0.1) is 16.4 Å². The first-order chi connectivity index (χ1) is 7.08. The van der Waals surface area contributed by atoms with E-state index in [1.807, 2.05) is 0 Å². The Morgan fingerprint density at radius 3 is 2.87 bits per heavy atom. The third-order valence-corrected chi connectivity index (χ3v) is 3.12. The van der Waals surface area contributed by atoms with Crippen LogP contribution in [0.5, 0.6) is 0 Å². The summed E-state index contributed by atoms with van der Waals surface area (Å²) in [6, 6.07) is 2.91. The van der Waals surface area contributed by atoms with Crippen molar-refractivity contribution in [2.24, 2.45) is 5.92 Å². The van der Waals surface area contributed by atoms with E-state index in [4.69, 9.17) is 17.3 Å². The molecular formula is C11H14ClFN2. The minimum Gasteiger partial charge on any atom is -0.397 e. The number of nitrogens with two attached hydrogens (primary N) is 1. The van der Waals surface area contributed by atoms with Crippen LogP contribution in [0.15, 0.2) is 12.1 Å². The van der Waals surface area contributed by atoms with E-state index in [0.29, 0.717) is 11.6 Å². The van der Waals surface area contributed by atoms with Crippen LogP contribution in [0.2, 0.25) is 5.02 Å². The highest BCUT2D eigenvalue weighted by Gasteiger charge is 2.21. The third-order valence-electron chi connectivity index (χ3n) is 2.83. The molecule has 4 heteroatoms. The number of rotatable bonds is 1. The number of anilines is 2. The lowest BCUT2D eigenvalue weighted by molar-refractivity contribution is 0.627. The summed E-state index contributed by atoms with van der Waals surface area (Å²) in [5.74, 6) is 0.239. The standard InChI is InChI=1S/C11H14ClFN2/c1-7-2-3-15(6-7)11-5-9(13)8(12)4-10(11)14/h4-5,7H,2-3,6,14H2,1H3. The Bertz CT molecular complexity index is 381. The monoisotopic (exact) mass is 228 g/mol. The molecule has 2 N–H and O–H groups in total. The largest absolute Gasteiger partial charge is 0.397 e. The normalized spacial score (nSPS) is 21.0. The smallest absolute Gasteiger partial charge is 0.144 e. The maximum Gasteiger partial charge on any atom is 0.144 e. The first kappa shape index (κ1) is 10.6. The van der Waals surface area contributed by atoms with Gasteiger partial charge in [-0.2, -0.15) is 0 Å². The van der Waals surface area contributed by atoms with Gasteiger partial charge in [-0.1, -0.05) is 18.5 Å². The number of nitrogen functional groups attached to an aromatic ring is 1. The van der Waals surface area contributed by atoms with Gasteiger partial charge in [-0.15, -0.1) is 0 Å². The van der Waals surface area contributed by atoms with Gasteiger partial charge >= 0.3 is 0 Å². The third kappa shape index (κ3) is 2.02. The summed E-state index contributed by atoms with van der Waals surface area (Å²) >= 11 is 5.65. The van der Waals surface area contributed by atoms with Crippen molar-refractivity contribution in [2.45, 2.75) is 13.3 Å². The highest BCUT2D eigenvalue weighted by atomic mass is 35.5. The molecule has 82 valence electrons. The average Bonchev–Trinajstić information content (AvgIpc) is 2.58. The molecule has 1 heterocycles. The molecule has 1 saturated heterocycles. The molecule has 0 bridgehead atoms. The fourth-order valence-electron chi connectivity index (χ4n) is 1.98. The summed E-state index contributed by atoms with van der Waals surface area (Å²) in [5.41, 5.74) is 7.14. The fourth-order valence-corrected chi connectivity index (χ4v) is 2.15. The molecular weight excluding hydrogens is 215 g/mol. The van der Waals surface area contributed by atoms with E-state index in [0.717, 1.165) is 25.2 Å². The second-order valence-corrected chi connectivity index (χ2v) is 4.57. The molecule has 1 atom stereocenters. The van der Waals surface area contributed by atoms with Gasteiger partial charge in [0, 0.05) is 19.2 Å². The minimum atomic E-state index is -0.402. The molecule has 2 nitrogen and oxygen atoms in total. The van der Waals surface area contributed by atoms with Crippen molar-refractivity contribution >= 4 is 23.0 Å². The van der Waals surface area contributed by atoms with Gasteiger partial charge in [-0.05, 0) is 18.4 Å². The lowest BCUT2D eigenvalue weighted by Crippen LogP contribution is -2.20. The van der Waals surface area contributed by atoms with Crippen LogP contribution in [-0.2, 0) is 0 Å². The van der Waals surface area contributed by atoms with E-state index in [1.165, 1.54) is 12.1 Å². The zero-order chi connectivity index (χ0) is 11.0. The molecule has 1 aromatic carbocycles. The van der Waals surface area contributed by atoms with Crippen molar-refractivity contribution in [1.82, 2.24) is 0 Å². The van der Waals surface area contributed by atoms with Crippen LogP contribution in [0.4, 0.5) is 15.8 Å². The SMILES string of the molecule is CC1CCN(c2cc(F)c(Cl)cc2N)C1. The predicted octanol–water partition coefficient (Wildman–Crippen LogP) is 2.91. The second-order valence-electron chi connectivity index (χ2n) is 4.16. The fraction of sp³-hybridized carbons (Fsp3) is 0.455.